The molecular weight excluding hydrogens is 1050 g/mol. The van der Waals surface area contributed by atoms with E-state index in [2.05, 4.69) is 26.3 Å². The van der Waals surface area contributed by atoms with Gasteiger partial charge in [-0.1, -0.05) is 12.1 Å². The number of nitrogens with two attached hydrogens (primary N) is 1. The Morgan fingerprint density at radius 2 is 1.64 bits per heavy atom. The minimum absolute atomic E-state index is 0.00771. The average Bonchev–Trinajstić information content (AvgIpc) is 4.17. The van der Waals surface area contributed by atoms with Crippen LogP contribution in [0.25, 0.3) is 22.0 Å². The SMILES string of the molecule is Cn1cc2c3c(c(C(=O)NCCNC(=O)CCN4C(=O)CC(SC[C@H](N)C(=O)O)C4=O)[nH]c3c1=O)CN(CC1CC1)c1cc(C(=O)NCCCCc3cccc4c3C(=O)N(C3CCC(=O)NC3=O)C4=O)c(CS(C)(=O)=O)cc1-2. The van der Waals surface area contributed by atoms with Crippen molar-refractivity contribution < 1.29 is 61.5 Å². The van der Waals surface area contributed by atoms with Crippen LogP contribution in [0.3, 0.4) is 0 Å². The smallest absolute Gasteiger partial charge is 0.321 e. The van der Waals surface area contributed by atoms with Gasteiger partial charge in [-0.3, -0.25) is 67.9 Å². The molecule has 1 saturated carbocycles. The molecule has 1 aliphatic carbocycles. The molecule has 0 spiro atoms. The van der Waals surface area contributed by atoms with Crippen molar-refractivity contribution in [3.8, 4) is 11.1 Å². The van der Waals surface area contributed by atoms with Crippen LogP contribution in [0.15, 0.2) is 41.3 Å². The summed E-state index contributed by atoms with van der Waals surface area (Å²) in [5, 5.41) is 19.3. The number of rotatable bonds is 22. The van der Waals surface area contributed by atoms with Crippen molar-refractivity contribution in [3.63, 3.8) is 0 Å². The number of fused-ring (bicyclic) bond motifs is 3. The molecule has 3 fully saturated rings. The third kappa shape index (κ3) is 11.5. The van der Waals surface area contributed by atoms with E-state index in [1.807, 2.05) is 4.90 Å². The minimum Gasteiger partial charge on any atom is -0.480 e. The Morgan fingerprint density at radius 1 is 0.897 bits per heavy atom. The third-order valence-corrected chi connectivity index (χ3v) is 16.7. The van der Waals surface area contributed by atoms with Gasteiger partial charge in [0.1, 0.15) is 23.3 Å². The summed E-state index contributed by atoms with van der Waals surface area (Å²) in [5.41, 5.74) is 8.76. The molecule has 3 atom stereocenters. The summed E-state index contributed by atoms with van der Waals surface area (Å²) in [4.78, 5) is 150. The van der Waals surface area contributed by atoms with Crippen LogP contribution in [-0.2, 0) is 64.4 Å². The number of carboxylic acid groups (broad SMARTS) is 1. The van der Waals surface area contributed by atoms with Gasteiger partial charge in [0.25, 0.3) is 29.2 Å². The Hall–Kier alpha value is -7.71. The summed E-state index contributed by atoms with van der Waals surface area (Å²) in [7, 11) is -2.18. The first-order valence-electron chi connectivity index (χ1n) is 25.5. The lowest BCUT2D eigenvalue weighted by Gasteiger charge is -2.27. The molecule has 9 rings (SSSR count). The highest BCUT2D eigenvalue weighted by Gasteiger charge is 2.46. The highest BCUT2D eigenvalue weighted by molar-refractivity contribution is 8.00. The van der Waals surface area contributed by atoms with Gasteiger partial charge < -0.3 is 41.2 Å². The Balaban J connectivity index is 0.880. The average molecular weight is 1110 g/mol. The summed E-state index contributed by atoms with van der Waals surface area (Å²) in [6.07, 6.45) is 5.46. The number of amides is 9. The fraction of sp³-hybridized carbons (Fsp3) is 0.442. The Labute approximate surface area is 450 Å². The molecule has 0 bridgehead atoms. The molecule has 2 aromatic carbocycles. The number of aliphatic carboxylic acids is 1. The number of aromatic nitrogens is 2. The van der Waals surface area contributed by atoms with Crippen molar-refractivity contribution in [1.29, 1.82) is 0 Å². The number of aromatic amines is 1. The number of pyridine rings is 1. The van der Waals surface area contributed by atoms with E-state index in [4.69, 9.17) is 10.8 Å². The summed E-state index contributed by atoms with van der Waals surface area (Å²) in [6.45, 7) is 0.527. The maximum atomic E-state index is 14.3. The second kappa shape index (κ2) is 22.3. The number of nitrogens with one attached hydrogen (secondary N) is 5. The maximum Gasteiger partial charge on any atom is 0.321 e. The first-order chi connectivity index (χ1) is 37.1. The van der Waals surface area contributed by atoms with Gasteiger partial charge in [0, 0.05) is 117 Å². The van der Waals surface area contributed by atoms with E-state index in [0.29, 0.717) is 59.1 Å². The molecule has 2 saturated heterocycles. The third-order valence-electron chi connectivity index (χ3n) is 14.5. The number of likely N-dealkylation sites (tertiary alicyclic amines) is 1. The van der Waals surface area contributed by atoms with E-state index in [-0.39, 0.29) is 104 Å². The molecular formula is C52H58N10O14S2. The number of nitrogens with zero attached hydrogens (tertiary/aromatic N) is 4. The number of carboxylic acids is 1. The fourth-order valence-electron chi connectivity index (χ4n) is 10.4. The Kier molecular flexibility index (Phi) is 15.8. The van der Waals surface area contributed by atoms with Crippen LogP contribution >= 0.6 is 11.8 Å². The molecule has 4 aliphatic heterocycles. The molecule has 6 heterocycles. The van der Waals surface area contributed by atoms with E-state index >= 15 is 0 Å². The first kappa shape index (κ1) is 55.1. The largest absolute Gasteiger partial charge is 0.480 e. The van der Waals surface area contributed by atoms with E-state index < -0.39 is 97.6 Å². The lowest BCUT2D eigenvalue weighted by Crippen LogP contribution is -2.54. The molecule has 78 heavy (non-hydrogen) atoms. The molecule has 412 valence electrons. The molecule has 0 radical (unpaired) electrons. The van der Waals surface area contributed by atoms with Crippen LogP contribution < -0.4 is 37.5 Å². The quantitative estimate of drug-likeness (QED) is 0.0415. The van der Waals surface area contributed by atoms with Crippen molar-refractivity contribution in [2.75, 3.05) is 49.6 Å². The summed E-state index contributed by atoms with van der Waals surface area (Å²) >= 11 is 0.971. The van der Waals surface area contributed by atoms with Crippen molar-refractivity contribution >= 4 is 97.3 Å². The van der Waals surface area contributed by atoms with Gasteiger partial charge >= 0.3 is 5.97 Å². The summed E-state index contributed by atoms with van der Waals surface area (Å²) < 4.78 is 27.4. The lowest BCUT2D eigenvalue weighted by molar-refractivity contribution is -0.140. The number of carbonyl (C=O) groups is 10. The van der Waals surface area contributed by atoms with Gasteiger partial charge in [-0.05, 0) is 73.8 Å². The monoisotopic (exact) mass is 1110 g/mol. The number of aryl methyl sites for hydroxylation is 2. The van der Waals surface area contributed by atoms with Gasteiger partial charge in [-0.15, -0.1) is 11.8 Å². The van der Waals surface area contributed by atoms with Crippen LogP contribution in [-0.4, -0.2) is 154 Å². The minimum atomic E-state index is -3.73. The van der Waals surface area contributed by atoms with E-state index in [1.54, 1.807) is 37.5 Å². The summed E-state index contributed by atoms with van der Waals surface area (Å²) in [5.74, 6) is -6.56. The normalized spacial score (nSPS) is 18.5. The van der Waals surface area contributed by atoms with Gasteiger partial charge in [-0.25, -0.2) is 8.42 Å². The Morgan fingerprint density at radius 3 is 2.36 bits per heavy atom. The van der Waals surface area contributed by atoms with Gasteiger partial charge in [0.2, 0.25) is 29.5 Å². The number of piperidine rings is 1. The van der Waals surface area contributed by atoms with Crippen molar-refractivity contribution in [2.24, 2.45) is 18.7 Å². The van der Waals surface area contributed by atoms with Crippen molar-refractivity contribution in [1.82, 2.24) is 40.6 Å². The fourth-order valence-corrected chi connectivity index (χ4v) is 12.3. The zero-order valence-electron chi connectivity index (χ0n) is 42.7. The Bertz CT molecular complexity index is 3420. The topological polar surface area (TPSA) is 347 Å². The van der Waals surface area contributed by atoms with Crippen LogP contribution in [0, 0.1) is 5.92 Å². The van der Waals surface area contributed by atoms with Crippen molar-refractivity contribution in [3.05, 3.63) is 86.0 Å². The maximum absolute atomic E-state index is 14.3. The zero-order chi connectivity index (χ0) is 55.9. The summed E-state index contributed by atoms with van der Waals surface area (Å²) in [6, 6.07) is 5.92. The standard InChI is InChI=1S/C52H58N10O14S2/c1-59-22-32-31-18-28(25-78(2,75)76)30(45(66)55-14-4-3-6-27-7-5-8-29-41(27)50(71)62(48(29)69)35-11-12-39(64)57-46(35)67)19-36(31)60(21-26-9-10-26)23-33-42(32)44(51(59)72)58-43(33)47(68)56-16-15-54-38(63)13-17-61-40(65)20-37(49(61)70)77-24-34(53)52(73)74/h5,7-8,18-19,22,26,34-35,37,58H,3-4,6,9-17,20-21,23-25,53H2,1-2H3,(H,54,63)(H,55,66)(H,56,68)(H,73,74)(H,57,64,67)/t34-,35?,37?/m0/s1. The molecule has 5 aliphatic rings. The van der Waals surface area contributed by atoms with Crippen LogP contribution in [0.2, 0.25) is 0 Å². The van der Waals surface area contributed by atoms with Gasteiger partial charge in [-0.2, -0.15) is 0 Å². The predicted octanol–water partition coefficient (Wildman–Crippen LogP) is 0.471. The number of H-pyrrole nitrogens is 1. The number of carbonyl (C=O) groups excluding carboxylic acids is 9. The molecule has 2 aromatic heterocycles. The van der Waals surface area contributed by atoms with E-state index in [1.165, 1.54) is 10.6 Å². The highest BCUT2D eigenvalue weighted by atomic mass is 32.2. The number of hydrogen-bond donors (Lipinski definition) is 7. The lowest BCUT2D eigenvalue weighted by atomic mass is 9.95. The molecule has 24 nitrogen and oxygen atoms in total. The van der Waals surface area contributed by atoms with Crippen LogP contribution in [0.4, 0.5) is 5.69 Å². The second-order valence-electron chi connectivity index (χ2n) is 20.3. The molecule has 2 unspecified atom stereocenters. The number of sulfone groups is 1. The van der Waals surface area contributed by atoms with Crippen molar-refractivity contribution in [2.45, 2.75) is 87.4 Å². The highest BCUT2D eigenvalue weighted by Crippen LogP contribution is 2.45. The van der Waals surface area contributed by atoms with Crippen LogP contribution in [0.5, 0.6) is 0 Å². The number of hydrogen-bond acceptors (Lipinski definition) is 16. The molecule has 26 heteroatoms. The number of unbranched alkanes of at least 4 members (excludes halogenated alkanes) is 1. The number of benzene rings is 2. The zero-order valence-corrected chi connectivity index (χ0v) is 44.4. The second-order valence-corrected chi connectivity index (χ2v) is 23.7. The predicted molar refractivity (Wildman–Crippen MR) is 283 cm³/mol. The molecule has 4 aromatic rings. The number of thioether (sulfide) groups is 1. The van der Waals surface area contributed by atoms with E-state index in [0.717, 1.165) is 40.7 Å². The molecule has 8 N–H and O–H groups in total. The van der Waals surface area contributed by atoms with Gasteiger partial charge in [0.15, 0.2) is 9.84 Å². The van der Waals surface area contributed by atoms with Crippen LogP contribution in [0.1, 0.15) is 110 Å². The number of imide groups is 3. The number of anilines is 1. The first-order valence-corrected chi connectivity index (χ1v) is 28.7. The van der Waals surface area contributed by atoms with E-state index in [9.17, 15) is 61.2 Å². The van der Waals surface area contributed by atoms with Gasteiger partial charge in [0.05, 0.1) is 22.1 Å². The molecule has 9 amide bonds.